The van der Waals surface area contributed by atoms with Gasteiger partial charge in [0.25, 0.3) is 0 Å². The Hall–Kier alpha value is -6.65. The zero-order valence-corrected chi connectivity index (χ0v) is 25.3. The molecule has 0 saturated carbocycles. The van der Waals surface area contributed by atoms with E-state index in [0.717, 1.165) is 4.57 Å². The van der Waals surface area contributed by atoms with E-state index in [-0.39, 0.29) is 10.9 Å². The Balaban J connectivity index is 1.46. The van der Waals surface area contributed by atoms with Gasteiger partial charge in [-0.15, -0.1) is 0 Å². The quantitative estimate of drug-likeness (QED) is 0.188. The number of hydrogen-bond donors (Lipinski definition) is 0. The minimum absolute atomic E-state index is 0.0607. The van der Waals surface area contributed by atoms with Crippen molar-refractivity contribution >= 4 is 54.1 Å². The normalized spacial score (nSPS) is 19.3. The Kier molecular flexibility index (Phi) is 2.77. The third-order valence-corrected chi connectivity index (χ3v) is 7.79. The number of rotatable bonds is 4. The first-order chi connectivity index (χ1) is 35.9. The third-order valence-electron chi connectivity index (χ3n) is 7.79. The average molecular weight is 666 g/mol. The average Bonchev–Trinajstić information content (AvgIpc) is 3.75. The van der Waals surface area contributed by atoms with Crippen LogP contribution in [-0.4, -0.2) is 19.5 Å². The van der Waals surface area contributed by atoms with Gasteiger partial charge in [0.05, 0.1) is 53.7 Å². The summed E-state index contributed by atoms with van der Waals surface area (Å²) in [6, 6.07) is -22.8. The molecule has 0 radical (unpaired) electrons. The first-order valence-electron chi connectivity index (χ1n) is 28.3. The van der Waals surface area contributed by atoms with Gasteiger partial charge in [0.15, 0.2) is 17.5 Å². The summed E-state index contributed by atoms with van der Waals surface area (Å²) in [7, 11) is 0. The molecule has 10 aromatic rings. The fourth-order valence-corrected chi connectivity index (χ4v) is 5.59. The lowest BCUT2D eigenvalue weighted by atomic mass is 10.0. The van der Waals surface area contributed by atoms with Crippen molar-refractivity contribution < 1.29 is 37.0 Å². The molecule has 10 rings (SSSR count). The largest absolute Gasteiger partial charge is 0.309 e. The summed E-state index contributed by atoms with van der Waals surface area (Å²) in [4.78, 5) is 13.3. The zero-order valence-electron chi connectivity index (χ0n) is 52.3. The highest BCUT2D eigenvalue weighted by Crippen LogP contribution is 2.38. The molecule has 0 spiro atoms. The van der Waals surface area contributed by atoms with Crippen molar-refractivity contribution in [2.45, 2.75) is 6.92 Å². The fourth-order valence-electron chi connectivity index (χ4n) is 5.59. The summed E-state index contributed by atoms with van der Waals surface area (Å²) in [6.07, 6.45) is 0. The topological polar surface area (TPSA) is 43.6 Å². The number of hydrogen-bond acceptors (Lipinski definition) is 3. The Morgan fingerprint density at radius 3 is 1.62 bits per heavy atom. The predicted octanol–water partition coefficient (Wildman–Crippen LogP) is 11.7. The molecule has 4 nitrogen and oxygen atoms in total. The first-order valence-corrected chi connectivity index (χ1v) is 14.8. The smallest absolute Gasteiger partial charge is 0.164 e. The van der Waals surface area contributed by atoms with Gasteiger partial charge in [-0.3, -0.25) is 0 Å². The van der Waals surface area contributed by atoms with Crippen molar-refractivity contribution in [2.75, 3.05) is 0 Å². The van der Waals surface area contributed by atoms with E-state index in [1.807, 2.05) is 0 Å². The van der Waals surface area contributed by atoms with Gasteiger partial charge in [0.2, 0.25) is 0 Å². The Labute approximate surface area is 326 Å². The summed E-state index contributed by atoms with van der Waals surface area (Å²) in [6.45, 7) is 1.33. The molecule has 0 fully saturated rings. The van der Waals surface area contributed by atoms with Crippen LogP contribution in [0.25, 0.3) is 94.0 Å². The number of nitrogens with zero attached hydrogens (tertiary/aromatic N) is 4. The summed E-state index contributed by atoms with van der Waals surface area (Å²) >= 11 is 0. The second-order valence-electron chi connectivity index (χ2n) is 10.8. The van der Waals surface area contributed by atoms with Gasteiger partial charge in [-0.25, -0.2) is 15.0 Å². The highest BCUT2D eigenvalue weighted by Gasteiger charge is 2.19. The molecular weight excluding hydrogens is 609 g/mol. The molecule has 0 aliphatic carbocycles. The van der Waals surface area contributed by atoms with Crippen LogP contribution in [0.2, 0.25) is 0 Å². The Morgan fingerprint density at radius 2 is 0.920 bits per heavy atom. The number of aromatic nitrogens is 4. The standard InChI is InChI=1S/C46H30N4/c1-29-18-19-33-28-35(23-21-32(33)26-29)45-47-44(34-22-20-30-10-2-3-11-31(30)27-34)48-46(49-45)40-24-25-43(37-13-5-4-12-36(37)40)50-41-16-8-6-14-38(41)39-15-7-9-17-42(39)50/h2-28H,1H3/i2D,3D,4D,5D,6D,7D,8D,9D,10D,11D,12D,13D,14D,15D,16D,17D,18D,19D,20D,21D,22D,23D,24D,25D,26D,27D,28D. The van der Waals surface area contributed by atoms with E-state index in [1.165, 1.54) is 6.92 Å². The molecule has 4 heteroatoms. The second kappa shape index (κ2) is 11.2. The van der Waals surface area contributed by atoms with Crippen LogP contribution in [0.5, 0.6) is 0 Å². The van der Waals surface area contributed by atoms with E-state index in [4.69, 9.17) is 26.0 Å². The summed E-state index contributed by atoms with van der Waals surface area (Å²) in [5, 5.41) is -4.47. The van der Waals surface area contributed by atoms with Crippen LogP contribution in [0.4, 0.5) is 0 Å². The molecule has 0 amide bonds. The molecule has 0 unspecified atom stereocenters. The number of fused-ring (bicyclic) bond motifs is 6. The molecule has 50 heavy (non-hydrogen) atoms. The van der Waals surface area contributed by atoms with Gasteiger partial charge in [-0.05, 0) is 70.1 Å². The molecule has 0 aliphatic heterocycles. The van der Waals surface area contributed by atoms with E-state index in [1.54, 1.807) is 0 Å². The monoisotopic (exact) mass is 665 g/mol. The molecule has 0 bridgehead atoms. The van der Waals surface area contributed by atoms with Crippen molar-refractivity contribution in [1.82, 2.24) is 19.5 Å². The highest BCUT2D eigenvalue weighted by atomic mass is 15.0. The van der Waals surface area contributed by atoms with Gasteiger partial charge in [-0.1, -0.05) is 132 Å². The SMILES string of the molecule is [2H]c1c([2H])c([2H])c2c([2H])c(-c3nc(-c4c([2H])c([2H])c5c([2H])c(C)c([2H])c([2H])c5c4[2H])nc(-c4c([2H])c([2H])c(-n5c6c([2H])c([2H])c([2H])c([2H])c6c6c([2H])c([2H])c([2H])c([2H])c65)c5c([2H])c([2H])c([2H])c([2H])c45)n3)c([2H])c([2H])c2c1[2H]. The van der Waals surface area contributed by atoms with Crippen molar-refractivity contribution in [3.8, 4) is 39.9 Å². The van der Waals surface area contributed by atoms with E-state index >= 15 is 0 Å². The predicted molar refractivity (Wildman–Crippen MR) is 208 cm³/mol. The van der Waals surface area contributed by atoms with E-state index in [0.29, 0.717) is 0 Å². The van der Waals surface area contributed by atoms with Crippen LogP contribution in [-0.2, 0) is 0 Å². The summed E-state index contributed by atoms with van der Waals surface area (Å²) in [5.41, 5.74) is -4.31. The molecule has 0 saturated heterocycles. The maximum absolute atomic E-state index is 9.79. The maximum atomic E-state index is 9.79. The second-order valence-corrected chi connectivity index (χ2v) is 10.8. The van der Waals surface area contributed by atoms with Crippen LogP contribution in [0, 0.1) is 6.92 Å². The molecular formula is C46H30N4. The van der Waals surface area contributed by atoms with Gasteiger partial charge in [-0.2, -0.15) is 0 Å². The third kappa shape index (κ3) is 4.57. The first kappa shape index (κ1) is 12.3. The lowest BCUT2D eigenvalue weighted by Crippen LogP contribution is -2.02. The van der Waals surface area contributed by atoms with Crippen LogP contribution >= 0.6 is 0 Å². The fraction of sp³-hybridized carbons (Fsp3) is 0.0217. The van der Waals surface area contributed by atoms with Gasteiger partial charge >= 0.3 is 0 Å². The van der Waals surface area contributed by atoms with Crippen molar-refractivity contribution in [2.24, 2.45) is 0 Å². The van der Waals surface area contributed by atoms with Crippen LogP contribution in [0.1, 0.15) is 42.6 Å². The van der Waals surface area contributed by atoms with Gasteiger partial charge in [0, 0.05) is 32.8 Å². The van der Waals surface area contributed by atoms with E-state index in [2.05, 4.69) is 15.0 Å². The zero-order chi connectivity index (χ0) is 56.7. The Morgan fingerprint density at radius 1 is 0.420 bits per heavy atom. The lowest BCUT2D eigenvalue weighted by Gasteiger charge is -2.15. The minimum atomic E-state index is -1.07. The molecule has 8 aromatic carbocycles. The number of benzene rings is 8. The van der Waals surface area contributed by atoms with Gasteiger partial charge < -0.3 is 4.57 Å². The van der Waals surface area contributed by atoms with Crippen LogP contribution < -0.4 is 0 Å². The van der Waals surface area contributed by atoms with Crippen LogP contribution in [0.3, 0.4) is 0 Å². The molecule has 0 atom stereocenters. The number of para-hydroxylation sites is 2. The molecule has 234 valence electrons. The molecule has 2 aromatic heterocycles. The Bertz CT molecular complexity index is 4280. The van der Waals surface area contributed by atoms with Crippen molar-refractivity contribution in [3.63, 3.8) is 0 Å². The minimum Gasteiger partial charge on any atom is -0.309 e. The summed E-state index contributed by atoms with van der Waals surface area (Å²) < 4.78 is 243. The van der Waals surface area contributed by atoms with E-state index < -0.39 is 252 Å². The summed E-state index contributed by atoms with van der Waals surface area (Å²) in [5.74, 6) is -2.63. The lowest BCUT2D eigenvalue weighted by molar-refractivity contribution is 1.08. The molecule has 0 aliphatic rings. The van der Waals surface area contributed by atoms with Crippen molar-refractivity contribution in [1.29, 1.82) is 0 Å². The van der Waals surface area contributed by atoms with Crippen molar-refractivity contribution in [3.05, 3.63) is 169 Å². The van der Waals surface area contributed by atoms with Gasteiger partial charge in [0.1, 0.15) is 0 Å². The molecule has 2 heterocycles. The maximum Gasteiger partial charge on any atom is 0.164 e. The highest BCUT2D eigenvalue weighted by molar-refractivity contribution is 6.11. The molecule has 0 N–H and O–H groups in total. The van der Waals surface area contributed by atoms with Crippen LogP contribution in [0.15, 0.2) is 163 Å². The van der Waals surface area contributed by atoms with E-state index in [9.17, 15) is 11.0 Å².